The number of amides is 1. The number of hydrogen-bond acceptors (Lipinski definition) is 4. The lowest BCUT2D eigenvalue weighted by molar-refractivity contribution is 0.0635. The molecule has 20 heavy (non-hydrogen) atoms. The third-order valence-electron chi connectivity index (χ3n) is 3.32. The number of ether oxygens (including phenoxy) is 1. The van der Waals surface area contributed by atoms with Crippen LogP contribution in [0.5, 0.6) is 0 Å². The molecule has 5 nitrogen and oxygen atoms in total. The van der Waals surface area contributed by atoms with Gasteiger partial charge in [0.1, 0.15) is 11.4 Å². The second-order valence-corrected chi connectivity index (χ2v) is 6.24. The standard InChI is InChI=1S/C15H23N3O2/c1-15(2,3)20-14(19)17-13-8-7-11(10-16-13)12-6-5-9-18(12)4/h7-8,10,12H,5-6,9H2,1-4H3,(H,16,17,19)/t12-/m0/s1. The predicted octanol–water partition coefficient (Wildman–Crippen LogP) is 3.20. The number of rotatable bonds is 2. The van der Waals surface area contributed by atoms with Gasteiger partial charge in [-0.1, -0.05) is 6.07 Å². The average molecular weight is 277 g/mol. The monoisotopic (exact) mass is 277 g/mol. The minimum atomic E-state index is -0.503. The lowest BCUT2D eigenvalue weighted by Gasteiger charge is -2.20. The second kappa shape index (κ2) is 5.79. The highest BCUT2D eigenvalue weighted by atomic mass is 16.6. The summed E-state index contributed by atoms with van der Waals surface area (Å²) >= 11 is 0. The van der Waals surface area contributed by atoms with Crippen molar-refractivity contribution in [3.63, 3.8) is 0 Å². The molecular formula is C15H23N3O2. The summed E-state index contributed by atoms with van der Waals surface area (Å²) in [5.41, 5.74) is 0.691. The third kappa shape index (κ3) is 3.93. The molecule has 0 aliphatic carbocycles. The van der Waals surface area contributed by atoms with Gasteiger partial charge in [-0.05, 0) is 58.8 Å². The Balaban J connectivity index is 1.96. The Morgan fingerprint density at radius 1 is 1.45 bits per heavy atom. The fraction of sp³-hybridized carbons (Fsp3) is 0.600. The van der Waals surface area contributed by atoms with E-state index in [4.69, 9.17) is 4.74 Å². The van der Waals surface area contributed by atoms with Crippen molar-refractivity contribution >= 4 is 11.9 Å². The number of pyridine rings is 1. The number of nitrogens with zero attached hydrogens (tertiary/aromatic N) is 2. The molecule has 0 aromatic carbocycles. The Bertz CT molecular complexity index is 465. The summed E-state index contributed by atoms with van der Waals surface area (Å²) in [5.74, 6) is 0.517. The van der Waals surface area contributed by atoms with Gasteiger partial charge in [0.2, 0.25) is 0 Å². The Labute approximate surface area is 120 Å². The lowest BCUT2D eigenvalue weighted by Crippen LogP contribution is -2.27. The fourth-order valence-electron chi connectivity index (χ4n) is 2.42. The molecule has 1 aliphatic heterocycles. The van der Waals surface area contributed by atoms with E-state index in [-0.39, 0.29) is 0 Å². The second-order valence-electron chi connectivity index (χ2n) is 6.24. The summed E-state index contributed by atoms with van der Waals surface area (Å²) in [6.07, 6.45) is 3.74. The van der Waals surface area contributed by atoms with E-state index < -0.39 is 11.7 Å². The van der Waals surface area contributed by atoms with E-state index in [1.807, 2.05) is 39.1 Å². The molecule has 1 aromatic heterocycles. The van der Waals surface area contributed by atoms with Gasteiger partial charge >= 0.3 is 6.09 Å². The van der Waals surface area contributed by atoms with E-state index in [0.29, 0.717) is 11.9 Å². The fourth-order valence-corrected chi connectivity index (χ4v) is 2.42. The SMILES string of the molecule is CN1CCC[C@H]1c1ccc(NC(=O)OC(C)(C)C)nc1. The van der Waals surface area contributed by atoms with Gasteiger partial charge < -0.3 is 4.74 Å². The molecule has 0 bridgehead atoms. The zero-order valence-corrected chi connectivity index (χ0v) is 12.6. The topological polar surface area (TPSA) is 54.5 Å². The van der Waals surface area contributed by atoms with Crippen molar-refractivity contribution in [1.29, 1.82) is 0 Å². The largest absolute Gasteiger partial charge is 0.444 e. The van der Waals surface area contributed by atoms with Crippen molar-refractivity contribution in [2.24, 2.45) is 0 Å². The van der Waals surface area contributed by atoms with Crippen LogP contribution in [0.15, 0.2) is 18.3 Å². The van der Waals surface area contributed by atoms with Crippen LogP contribution >= 0.6 is 0 Å². The van der Waals surface area contributed by atoms with Crippen molar-refractivity contribution in [2.75, 3.05) is 18.9 Å². The van der Waals surface area contributed by atoms with Crippen molar-refractivity contribution in [3.05, 3.63) is 23.9 Å². The highest BCUT2D eigenvalue weighted by molar-refractivity contribution is 5.83. The van der Waals surface area contributed by atoms with Gasteiger partial charge in [-0.2, -0.15) is 0 Å². The normalized spacial score (nSPS) is 19.9. The van der Waals surface area contributed by atoms with Gasteiger partial charge in [-0.15, -0.1) is 0 Å². The molecule has 1 amide bonds. The molecule has 0 unspecified atom stereocenters. The predicted molar refractivity (Wildman–Crippen MR) is 78.7 cm³/mol. The van der Waals surface area contributed by atoms with E-state index in [1.165, 1.54) is 12.0 Å². The Morgan fingerprint density at radius 2 is 2.20 bits per heavy atom. The highest BCUT2D eigenvalue weighted by Gasteiger charge is 2.23. The maximum Gasteiger partial charge on any atom is 0.413 e. The first-order valence-electron chi connectivity index (χ1n) is 7.01. The molecule has 0 saturated carbocycles. The summed E-state index contributed by atoms with van der Waals surface area (Å²) in [4.78, 5) is 18.3. The maximum atomic E-state index is 11.6. The molecule has 1 atom stereocenters. The van der Waals surface area contributed by atoms with Crippen LogP contribution in [0.4, 0.5) is 10.6 Å². The number of hydrogen-bond donors (Lipinski definition) is 1. The van der Waals surface area contributed by atoms with Crippen LogP contribution in [-0.2, 0) is 4.74 Å². The first-order valence-corrected chi connectivity index (χ1v) is 7.01. The number of carbonyl (C=O) groups is 1. The van der Waals surface area contributed by atoms with Crippen molar-refractivity contribution in [2.45, 2.75) is 45.3 Å². The van der Waals surface area contributed by atoms with Crippen molar-refractivity contribution < 1.29 is 9.53 Å². The van der Waals surface area contributed by atoms with Gasteiger partial charge in [0.15, 0.2) is 0 Å². The molecule has 1 aromatic rings. The van der Waals surface area contributed by atoms with Crippen molar-refractivity contribution in [3.8, 4) is 0 Å². The molecule has 2 heterocycles. The lowest BCUT2D eigenvalue weighted by atomic mass is 10.1. The molecule has 2 rings (SSSR count). The first kappa shape index (κ1) is 14.8. The molecule has 1 N–H and O–H groups in total. The van der Waals surface area contributed by atoms with Crippen LogP contribution in [-0.4, -0.2) is 35.2 Å². The Kier molecular flexibility index (Phi) is 4.28. The molecule has 0 radical (unpaired) electrons. The van der Waals surface area contributed by atoms with Crippen molar-refractivity contribution in [1.82, 2.24) is 9.88 Å². The van der Waals surface area contributed by atoms with Crippen LogP contribution in [0.1, 0.15) is 45.2 Å². The van der Waals surface area contributed by atoms with Gasteiger partial charge in [-0.25, -0.2) is 9.78 Å². The van der Waals surface area contributed by atoms with E-state index >= 15 is 0 Å². The van der Waals surface area contributed by atoms with Crippen LogP contribution in [0.25, 0.3) is 0 Å². The van der Waals surface area contributed by atoms with Crippen LogP contribution in [0.3, 0.4) is 0 Å². The zero-order chi connectivity index (χ0) is 14.8. The molecule has 1 fully saturated rings. The van der Waals surface area contributed by atoms with Crippen LogP contribution in [0.2, 0.25) is 0 Å². The van der Waals surface area contributed by atoms with Gasteiger partial charge in [0.25, 0.3) is 0 Å². The molecule has 1 saturated heterocycles. The molecular weight excluding hydrogens is 254 g/mol. The highest BCUT2D eigenvalue weighted by Crippen LogP contribution is 2.30. The minimum absolute atomic E-state index is 0.443. The van der Waals surface area contributed by atoms with Crippen LogP contribution in [0, 0.1) is 0 Å². The smallest absolute Gasteiger partial charge is 0.413 e. The number of nitrogens with one attached hydrogen (secondary N) is 1. The summed E-state index contributed by atoms with van der Waals surface area (Å²) in [6, 6.07) is 4.29. The number of anilines is 1. The third-order valence-corrected chi connectivity index (χ3v) is 3.32. The van der Waals surface area contributed by atoms with Gasteiger partial charge in [-0.3, -0.25) is 10.2 Å². The van der Waals surface area contributed by atoms with Gasteiger partial charge in [0.05, 0.1) is 0 Å². The summed E-state index contributed by atoms with van der Waals surface area (Å²) in [7, 11) is 2.13. The van der Waals surface area contributed by atoms with E-state index in [0.717, 1.165) is 13.0 Å². The summed E-state index contributed by atoms with van der Waals surface area (Å²) in [6.45, 7) is 6.62. The average Bonchev–Trinajstić information content (AvgIpc) is 2.74. The van der Waals surface area contributed by atoms with Crippen LogP contribution < -0.4 is 5.32 Å². The van der Waals surface area contributed by atoms with Gasteiger partial charge in [0, 0.05) is 12.2 Å². The Hall–Kier alpha value is -1.62. The first-order chi connectivity index (χ1) is 9.35. The van der Waals surface area contributed by atoms with E-state index in [2.05, 4.69) is 22.2 Å². The molecule has 1 aliphatic rings. The summed E-state index contributed by atoms with van der Waals surface area (Å²) < 4.78 is 5.19. The number of likely N-dealkylation sites (tertiary alicyclic amines) is 1. The summed E-state index contributed by atoms with van der Waals surface area (Å²) in [5, 5.41) is 2.64. The Morgan fingerprint density at radius 3 is 2.70 bits per heavy atom. The molecule has 110 valence electrons. The molecule has 0 spiro atoms. The number of aromatic nitrogens is 1. The minimum Gasteiger partial charge on any atom is -0.444 e. The van der Waals surface area contributed by atoms with E-state index in [9.17, 15) is 4.79 Å². The zero-order valence-electron chi connectivity index (χ0n) is 12.6. The number of carbonyl (C=O) groups excluding carboxylic acids is 1. The van der Waals surface area contributed by atoms with E-state index in [1.54, 1.807) is 0 Å². The quantitative estimate of drug-likeness (QED) is 0.902. The molecule has 5 heteroatoms. The maximum absolute atomic E-state index is 11.6.